The Labute approximate surface area is 112 Å². The first-order valence-corrected chi connectivity index (χ1v) is 5.97. The molecule has 0 rings (SSSR count). The molecule has 3 N–H and O–H groups in total. The van der Waals surface area contributed by atoms with Crippen LogP contribution >= 0.6 is 0 Å². The monoisotopic (exact) mass is 271 g/mol. The van der Waals surface area contributed by atoms with Crippen LogP contribution in [-0.2, 0) is 9.59 Å². The van der Waals surface area contributed by atoms with E-state index >= 15 is 0 Å². The van der Waals surface area contributed by atoms with Crippen molar-refractivity contribution in [2.24, 2.45) is 5.92 Å². The normalized spacial score (nSPS) is 10.3. The number of rotatable bonds is 8. The van der Waals surface area contributed by atoms with Crippen molar-refractivity contribution in [3.05, 3.63) is 12.7 Å². The van der Waals surface area contributed by atoms with E-state index in [0.717, 1.165) is 0 Å². The minimum Gasteiger partial charge on any atom is -0.480 e. The molecule has 0 radical (unpaired) electrons. The van der Waals surface area contributed by atoms with Crippen molar-refractivity contribution >= 4 is 17.9 Å². The highest BCUT2D eigenvalue weighted by atomic mass is 16.4. The number of carboxylic acids is 1. The molecule has 0 aliphatic carbocycles. The van der Waals surface area contributed by atoms with Gasteiger partial charge >= 0.3 is 12.0 Å². The van der Waals surface area contributed by atoms with Gasteiger partial charge in [0.2, 0.25) is 5.91 Å². The standard InChI is InChI=1S/C12H21N3O4/c1-4-5-15(8-11(17)18)7-10(16)14-12(19)13-6-9(2)3/h4,9H,1,5-8H2,2-3H3,(H,17,18)(H2,13,14,16,19). The molecule has 0 aliphatic heterocycles. The number of amides is 3. The summed E-state index contributed by atoms with van der Waals surface area (Å²) in [6.07, 6.45) is 1.50. The second-order valence-corrected chi connectivity index (χ2v) is 4.50. The summed E-state index contributed by atoms with van der Waals surface area (Å²) in [6.45, 7) is 7.60. The van der Waals surface area contributed by atoms with Gasteiger partial charge in [-0.05, 0) is 5.92 Å². The fourth-order valence-electron chi connectivity index (χ4n) is 1.27. The average Bonchev–Trinajstić information content (AvgIpc) is 2.25. The Morgan fingerprint density at radius 2 is 1.95 bits per heavy atom. The Hall–Kier alpha value is -1.89. The first-order chi connectivity index (χ1) is 8.85. The maximum absolute atomic E-state index is 11.5. The number of hydrogen-bond donors (Lipinski definition) is 3. The number of carboxylic acid groups (broad SMARTS) is 1. The van der Waals surface area contributed by atoms with Crippen molar-refractivity contribution in [3.8, 4) is 0 Å². The number of aliphatic carboxylic acids is 1. The molecule has 0 atom stereocenters. The summed E-state index contributed by atoms with van der Waals surface area (Å²) in [5, 5.41) is 13.3. The Morgan fingerprint density at radius 1 is 1.32 bits per heavy atom. The van der Waals surface area contributed by atoms with Crippen molar-refractivity contribution in [3.63, 3.8) is 0 Å². The molecule has 0 aromatic heterocycles. The lowest BCUT2D eigenvalue weighted by Crippen LogP contribution is -2.46. The van der Waals surface area contributed by atoms with Crippen LogP contribution in [0.25, 0.3) is 0 Å². The summed E-state index contributed by atoms with van der Waals surface area (Å²) in [7, 11) is 0. The zero-order valence-electron chi connectivity index (χ0n) is 11.3. The van der Waals surface area contributed by atoms with Gasteiger partial charge in [0.25, 0.3) is 0 Å². The second kappa shape index (κ2) is 9.09. The van der Waals surface area contributed by atoms with Gasteiger partial charge in [-0.25, -0.2) is 4.79 Å². The van der Waals surface area contributed by atoms with Gasteiger partial charge in [0, 0.05) is 13.1 Å². The van der Waals surface area contributed by atoms with E-state index in [9.17, 15) is 14.4 Å². The van der Waals surface area contributed by atoms with Crippen LogP contribution in [0.2, 0.25) is 0 Å². The van der Waals surface area contributed by atoms with Gasteiger partial charge in [-0.2, -0.15) is 0 Å². The summed E-state index contributed by atoms with van der Waals surface area (Å²) in [5.41, 5.74) is 0. The highest BCUT2D eigenvalue weighted by Crippen LogP contribution is 1.90. The molecular formula is C12H21N3O4. The second-order valence-electron chi connectivity index (χ2n) is 4.50. The molecule has 0 fully saturated rings. The van der Waals surface area contributed by atoms with E-state index < -0.39 is 17.9 Å². The lowest BCUT2D eigenvalue weighted by atomic mass is 10.2. The Morgan fingerprint density at radius 3 is 2.42 bits per heavy atom. The highest BCUT2D eigenvalue weighted by Gasteiger charge is 2.14. The van der Waals surface area contributed by atoms with Crippen molar-refractivity contribution in [2.75, 3.05) is 26.2 Å². The molecular weight excluding hydrogens is 250 g/mol. The zero-order valence-corrected chi connectivity index (χ0v) is 11.3. The van der Waals surface area contributed by atoms with Crippen molar-refractivity contribution in [2.45, 2.75) is 13.8 Å². The van der Waals surface area contributed by atoms with Crippen LogP contribution in [0.15, 0.2) is 12.7 Å². The highest BCUT2D eigenvalue weighted by molar-refractivity contribution is 5.95. The first-order valence-electron chi connectivity index (χ1n) is 5.97. The number of hydrogen-bond acceptors (Lipinski definition) is 4. The van der Waals surface area contributed by atoms with Gasteiger partial charge in [-0.15, -0.1) is 6.58 Å². The minimum absolute atomic E-state index is 0.173. The van der Waals surface area contributed by atoms with Crippen molar-refractivity contribution in [1.29, 1.82) is 0 Å². The Kier molecular flexibility index (Phi) is 8.19. The van der Waals surface area contributed by atoms with E-state index in [-0.39, 0.29) is 25.6 Å². The van der Waals surface area contributed by atoms with Gasteiger partial charge in [-0.3, -0.25) is 19.8 Å². The summed E-state index contributed by atoms with van der Waals surface area (Å²) in [6, 6.07) is -0.576. The zero-order chi connectivity index (χ0) is 14.8. The van der Waals surface area contributed by atoms with Gasteiger partial charge in [-0.1, -0.05) is 19.9 Å². The fourth-order valence-corrected chi connectivity index (χ4v) is 1.27. The number of urea groups is 1. The molecule has 0 bridgehead atoms. The molecule has 7 heteroatoms. The Bertz CT molecular complexity index is 342. The van der Waals surface area contributed by atoms with E-state index in [1.54, 1.807) is 0 Å². The third-order valence-corrected chi connectivity index (χ3v) is 2.04. The van der Waals surface area contributed by atoms with Gasteiger partial charge in [0.1, 0.15) is 0 Å². The topological polar surface area (TPSA) is 98.7 Å². The lowest BCUT2D eigenvalue weighted by Gasteiger charge is -2.17. The lowest BCUT2D eigenvalue weighted by molar-refractivity contribution is -0.138. The first kappa shape index (κ1) is 17.1. The number of nitrogens with zero attached hydrogens (tertiary/aromatic N) is 1. The van der Waals surface area contributed by atoms with Crippen LogP contribution in [0.1, 0.15) is 13.8 Å². The summed E-state index contributed by atoms with van der Waals surface area (Å²) in [4.78, 5) is 34.8. The molecule has 0 saturated carbocycles. The average molecular weight is 271 g/mol. The maximum atomic E-state index is 11.5. The molecule has 0 aromatic carbocycles. The molecule has 19 heavy (non-hydrogen) atoms. The number of carbonyl (C=O) groups is 3. The molecule has 0 aliphatic rings. The molecule has 0 unspecified atom stereocenters. The maximum Gasteiger partial charge on any atom is 0.321 e. The van der Waals surface area contributed by atoms with E-state index in [1.165, 1.54) is 11.0 Å². The summed E-state index contributed by atoms with van der Waals surface area (Å²) < 4.78 is 0. The number of nitrogens with one attached hydrogen (secondary N) is 2. The van der Waals surface area contributed by atoms with E-state index in [4.69, 9.17) is 5.11 Å². The number of carbonyl (C=O) groups excluding carboxylic acids is 2. The molecule has 108 valence electrons. The summed E-state index contributed by atoms with van der Waals surface area (Å²) in [5.74, 6) is -1.31. The van der Waals surface area contributed by atoms with Crippen LogP contribution in [0, 0.1) is 5.92 Å². The van der Waals surface area contributed by atoms with Gasteiger partial charge < -0.3 is 10.4 Å². The van der Waals surface area contributed by atoms with Gasteiger partial charge in [0.15, 0.2) is 0 Å². The Balaban J connectivity index is 4.14. The molecule has 0 spiro atoms. The van der Waals surface area contributed by atoms with Crippen molar-refractivity contribution < 1.29 is 19.5 Å². The molecule has 7 nitrogen and oxygen atoms in total. The SMILES string of the molecule is C=CCN(CC(=O)O)CC(=O)NC(=O)NCC(C)C. The van der Waals surface area contributed by atoms with Crippen molar-refractivity contribution in [1.82, 2.24) is 15.5 Å². The molecule has 0 saturated heterocycles. The molecule has 3 amide bonds. The fraction of sp³-hybridized carbons (Fsp3) is 0.583. The van der Waals surface area contributed by atoms with Crippen LogP contribution in [0.3, 0.4) is 0 Å². The van der Waals surface area contributed by atoms with E-state index in [1.807, 2.05) is 13.8 Å². The minimum atomic E-state index is -1.04. The predicted molar refractivity (Wildman–Crippen MR) is 70.7 cm³/mol. The predicted octanol–water partition coefficient (Wildman–Crippen LogP) is 0.0408. The third-order valence-electron chi connectivity index (χ3n) is 2.04. The quantitative estimate of drug-likeness (QED) is 0.541. The van der Waals surface area contributed by atoms with Crippen LogP contribution in [0.5, 0.6) is 0 Å². The van der Waals surface area contributed by atoms with Gasteiger partial charge in [0.05, 0.1) is 13.1 Å². The largest absolute Gasteiger partial charge is 0.480 e. The molecule has 0 heterocycles. The molecule has 0 aromatic rings. The summed E-state index contributed by atoms with van der Waals surface area (Å²) >= 11 is 0. The van der Waals surface area contributed by atoms with Crippen LogP contribution in [-0.4, -0.2) is 54.1 Å². The van der Waals surface area contributed by atoms with Crippen LogP contribution < -0.4 is 10.6 Å². The number of imide groups is 1. The van der Waals surface area contributed by atoms with E-state index in [0.29, 0.717) is 6.54 Å². The third kappa shape index (κ3) is 9.78. The van der Waals surface area contributed by atoms with E-state index in [2.05, 4.69) is 17.2 Å². The smallest absolute Gasteiger partial charge is 0.321 e. The van der Waals surface area contributed by atoms with Crippen LogP contribution in [0.4, 0.5) is 4.79 Å².